The standard InChI is InChI=1S/C15H19N3O5/c1-22-11-4-3-9(5-12(11)23-2)6-15(13(16)20)7-10(19)8-18(15)14(17)21/h3-5H,6-8H2,1-2H3,(H2,16,20)(H2,17,21). The number of carbonyl (C=O) groups is 3. The molecule has 1 unspecified atom stereocenters. The van der Waals surface area contributed by atoms with Crippen LogP contribution in [0.3, 0.4) is 0 Å². The van der Waals surface area contributed by atoms with Gasteiger partial charge in [-0.05, 0) is 17.7 Å². The molecule has 1 atom stereocenters. The molecule has 8 nitrogen and oxygen atoms in total. The number of primary amides is 2. The fourth-order valence-electron chi connectivity index (χ4n) is 2.89. The number of nitrogens with zero attached hydrogens (tertiary/aromatic N) is 1. The van der Waals surface area contributed by atoms with Crippen molar-refractivity contribution in [1.82, 2.24) is 4.90 Å². The van der Waals surface area contributed by atoms with E-state index < -0.39 is 17.5 Å². The molecule has 1 heterocycles. The molecule has 1 saturated heterocycles. The minimum Gasteiger partial charge on any atom is -0.493 e. The average Bonchev–Trinajstić information content (AvgIpc) is 2.85. The highest BCUT2D eigenvalue weighted by atomic mass is 16.5. The second-order valence-electron chi connectivity index (χ2n) is 5.40. The third-order valence-corrected chi connectivity index (χ3v) is 4.01. The smallest absolute Gasteiger partial charge is 0.316 e. The van der Waals surface area contributed by atoms with Gasteiger partial charge in [0.15, 0.2) is 17.3 Å². The monoisotopic (exact) mass is 321 g/mol. The highest BCUT2D eigenvalue weighted by molar-refractivity contribution is 6.01. The molecule has 8 heteroatoms. The van der Waals surface area contributed by atoms with Crippen LogP contribution in [0.2, 0.25) is 0 Å². The topological polar surface area (TPSA) is 125 Å². The largest absolute Gasteiger partial charge is 0.493 e. The normalized spacial score (nSPS) is 20.4. The number of amides is 3. The van der Waals surface area contributed by atoms with Gasteiger partial charge in [0.2, 0.25) is 5.91 Å². The Labute approximate surface area is 133 Å². The van der Waals surface area contributed by atoms with Crippen molar-refractivity contribution in [1.29, 1.82) is 0 Å². The van der Waals surface area contributed by atoms with Gasteiger partial charge in [0, 0.05) is 12.8 Å². The van der Waals surface area contributed by atoms with Gasteiger partial charge in [-0.3, -0.25) is 9.59 Å². The zero-order chi connectivity index (χ0) is 17.2. The van der Waals surface area contributed by atoms with Crippen molar-refractivity contribution < 1.29 is 23.9 Å². The molecule has 0 saturated carbocycles. The first-order valence-corrected chi connectivity index (χ1v) is 6.93. The number of Topliss-reactive ketones (excluding diaryl/α,β-unsaturated/α-hetero) is 1. The van der Waals surface area contributed by atoms with Crippen LogP contribution in [0.5, 0.6) is 11.5 Å². The van der Waals surface area contributed by atoms with Crippen LogP contribution in [-0.4, -0.2) is 48.9 Å². The van der Waals surface area contributed by atoms with Crippen LogP contribution in [0.1, 0.15) is 12.0 Å². The molecule has 0 aliphatic carbocycles. The van der Waals surface area contributed by atoms with Crippen LogP contribution < -0.4 is 20.9 Å². The molecule has 124 valence electrons. The van der Waals surface area contributed by atoms with E-state index in [1.165, 1.54) is 14.2 Å². The zero-order valence-corrected chi connectivity index (χ0v) is 13.0. The molecule has 23 heavy (non-hydrogen) atoms. The summed E-state index contributed by atoms with van der Waals surface area (Å²) in [5.74, 6) is -0.0294. The minimum atomic E-state index is -1.46. The van der Waals surface area contributed by atoms with Crippen molar-refractivity contribution in [3.8, 4) is 11.5 Å². The lowest BCUT2D eigenvalue weighted by Crippen LogP contribution is -2.58. The van der Waals surface area contributed by atoms with Crippen LogP contribution in [0.15, 0.2) is 18.2 Å². The Morgan fingerprint density at radius 3 is 2.39 bits per heavy atom. The van der Waals surface area contributed by atoms with Gasteiger partial charge in [-0.1, -0.05) is 6.07 Å². The quantitative estimate of drug-likeness (QED) is 0.778. The number of nitrogens with two attached hydrogens (primary N) is 2. The molecule has 4 N–H and O–H groups in total. The van der Waals surface area contributed by atoms with E-state index in [-0.39, 0.29) is 25.2 Å². The summed E-state index contributed by atoms with van der Waals surface area (Å²) in [6.45, 7) is -0.217. The number of likely N-dealkylation sites (tertiary alicyclic amines) is 1. The maximum Gasteiger partial charge on any atom is 0.316 e. The number of benzene rings is 1. The zero-order valence-electron chi connectivity index (χ0n) is 13.0. The number of hydrogen-bond donors (Lipinski definition) is 2. The van der Waals surface area contributed by atoms with E-state index in [4.69, 9.17) is 20.9 Å². The molecule has 0 bridgehead atoms. The summed E-state index contributed by atoms with van der Waals surface area (Å²) in [6.07, 6.45) is -0.0863. The van der Waals surface area contributed by atoms with E-state index in [2.05, 4.69) is 0 Å². The van der Waals surface area contributed by atoms with Gasteiger partial charge in [-0.25, -0.2) is 4.79 Å². The Balaban J connectivity index is 2.42. The predicted octanol–water partition coefficient (Wildman–Crippen LogP) is -0.176. The van der Waals surface area contributed by atoms with E-state index in [1.807, 2.05) is 0 Å². The van der Waals surface area contributed by atoms with Crippen LogP contribution in [0.4, 0.5) is 4.79 Å². The van der Waals surface area contributed by atoms with Gasteiger partial charge in [0.1, 0.15) is 5.54 Å². The van der Waals surface area contributed by atoms with Gasteiger partial charge in [0.25, 0.3) is 0 Å². The van der Waals surface area contributed by atoms with Gasteiger partial charge >= 0.3 is 6.03 Å². The maximum absolute atomic E-state index is 12.0. The van der Waals surface area contributed by atoms with Crippen LogP contribution in [0.25, 0.3) is 0 Å². The van der Waals surface area contributed by atoms with Crippen molar-refractivity contribution in [2.24, 2.45) is 11.5 Å². The van der Waals surface area contributed by atoms with Gasteiger partial charge in [-0.15, -0.1) is 0 Å². The Kier molecular flexibility index (Phi) is 4.44. The van der Waals surface area contributed by atoms with Crippen molar-refractivity contribution in [3.05, 3.63) is 23.8 Å². The van der Waals surface area contributed by atoms with E-state index in [0.29, 0.717) is 17.1 Å². The fraction of sp³-hybridized carbons (Fsp3) is 0.400. The summed E-state index contributed by atoms with van der Waals surface area (Å²) in [5.41, 5.74) is 10.0. The molecule has 0 spiro atoms. The van der Waals surface area contributed by atoms with E-state index in [9.17, 15) is 14.4 Å². The Morgan fingerprint density at radius 2 is 1.87 bits per heavy atom. The van der Waals surface area contributed by atoms with Crippen LogP contribution >= 0.6 is 0 Å². The summed E-state index contributed by atoms with van der Waals surface area (Å²) in [6, 6.07) is 4.21. The molecule has 1 aliphatic heterocycles. The first-order chi connectivity index (χ1) is 10.8. The first-order valence-electron chi connectivity index (χ1n) is 6.93. The number of methoxy groups -OCH3 is 2. The van der Waals surface area contributed by atoms with Crippen LogP contribution in [-0.2, 0) is 16.0 Å². The summed E-state index contributed by atoms with van der Waals surface area (Å²) >= 11 is 0. The molecule has 2 rings (SSSR count). The number of urea groups is 1. The SMILES string of the molecule is COc1ccc(CC2(C(N)=O)CC(=O)CN2C(N)=O)cc1OC. The number of hydrogen-bond acceptors (Lipinski definition) is 5. The van der Waals surface area contributed by atoms with Crippen molar-refractivity contribution >= 4 is 17.7 Å². The molecular formula is C15H19N3O5. The molecule has 0 radical (unpaired) electrons. The lowest BCUT2D eigenvalue weighted by atomic mass is 9.87. The molecule has 1 aromatic rings. The summed E-state index contributed by atoms with van der Waals surface area (Å²) in [7, 11) is 2.99. The Hall–Kier alpha value is -2.77. The van der Waals surface area contributed by atoms with E-state index in [1.54, 1.807) is 18.2 Å². The second-order valence-corrected chi connectivity index (χ2v) is 5.40. The third kappa shape index (κ3) is 2.92. The molecular weight excluding hydrogens is 302 g/mol. The lowest BCUT2D eigenvalue weighted by molar-refractivity contribution is -0.128. The third-order valence-electron chi connectivity index (χ3n) is 4.01. The predicted molar refractivity (Wildman–Crippen MR) is 81.1 cm³/mol. The summed E-state index contributed by atoms with van der Waals surface area (Å²) in [4.78, 5) is 36.5. The Bertz CT molecular complexity index is 661. The van der Waals surface area contributed by atoms with Crippen molar-refractivity contribution in [3.63, 3.8) is 0 Å². The first kappa shape index (κ1) is 16.6. The molecule has 3 amide bonds. The molecule has 0 aromatic heterocycles. The maximum atomic E-state index is 12.0. The summed E-state index contributed by atoms with van der Waals surface area (Å²) < 4.78 is 10.4. The number of ether oxygens (including phenoxy) is 2. The minimum absolute atomic E-state index is 0.0668. The average molecular weight is 321 g/mol. The fourth-order valence-corrected chi connectivity index (χ4v) is 2.89. The molecule has 1 aliphatic rings. The van der Waals surface area contributed by atoms with Crippen LogP contribution in [0, 0.1) is 0 Å². The Morgan fingerprint density at radius 1 is 1.22 bits per heavy atom. The molecule has 1 aromatic carbocycles. The highest BCUT2D eigenvalue weighted by Gasteiger charge is 2.51. The van der Waals surface area contributed by atoms with Gasteiger partial charge in [0.05, 0.1) is 20.8 Å². The number of carbonyl (C=O) groups excluding carboxylic acids is 3. The van der Waals surface area contributed by atoms with Gasteiger partial charge in [-0.2, -0.15) is 0 Å². The molecule has 1 fully saturated rings. The number of rotatable bonds is 5. The van der Waals surface area contributed by atoms with Gasteiger partial charge < -0.3 is 25.8 Å². The summed E-state index contributed by atoms with van der Waals surface area (Å²) in [5, 5.41) is 0. The second kappa shape index (κ2) is 6.15. The van der Waals surface area contributed by atoms with Crippen molar-refractivity contribution in [2.75, 3.05) is 20.8 Å². The number of ketones is 1. The van der Waals surface area contributed by atoms with Crippen molar-refractivity contribution in [2.45, 2.75) is 18.4 Å². The van der Waals surface area contributed by atoms with E-state index >= 15 is 0 Å². The van der Waals surface area contributed by atoms with E-state index in [0.717, 1.165) is 4.90 Å². The highest BCUT2D eigenvalue weighted by Crippen LogP contribution is 2.34. The lowest BCUT2D eigenvalue weighted by Gasteiger charge is -2.33.